The van der Waals surface area contributed by atoms with Crippen LogP contribution in [0.15, 0.2) is 59.7 Å². The molecule has 4 rings (SSSR count). The smallest absolute Gasteiger partial charge is 0.251 e. The zero-order chi connectivity index (χ0) is 16.4. The van der Waals surface area contributed by atoms with Crippen LogP contribution in [0.25, 0.3) is 22.3 Å². The van der Waals surface area contributed by atoms with Gasteiger partial charge in [-0.3, -0.25) is 9.78 Å². The summed E-state index contributed by atoms with van der Waals surface area (Å²) < 4.78 is 0. The number of benzene rings is 1. The Labute approximate surface area is 142 Å². The van der Waals surface area contributed by atoms with Crippen LogP contribution in [0.4, 0.5) is 0 Å². The van der Waals surface area contributed by atoms with Gasteiger partial charge in [-0.15, -0.1) is 0 Å². The first-order chi connectivity index (χ1) is 11.8. The van der Waals surface area contributed by atoms with Crippen molar-refractivity contribution in [2.75, 3.05) is 0 Å². The van der Waals surface area contributed by atoms with Crippen LogP contribution in [0.5, 0.6) is 0 Å². The average molecular weight is 334 g/mol. The number of aromatic amines is 1. The lowest BCUT2D eigenvalue weighted by Crippen LogP contribution is -2.23. The quantitative estimate of drug-likeness (QED) is 0.599. The van der Waals surface area contributed by atoms with Crippen molar-refractivity contribution in [2.45, 2.75) is 6.54 Å². The van der Waals surface area contributed by atoms with Crippen LogP contribution in [-0.4, -0.2) is 20.9 Å². The summed E-state index contributed by atoms with van der Waals surface area (Å²) >= 11 is 1.63. The summed E-state index contributed by atoms with van der Waals surface area (Å²) in [6.07, 6.45) is 3.39. The number of thiophene rings is 1. The van der Waals surface area contributed by atoms with Crippen molar-refractivity contribution in [1.29, 1.82) is 0 Å². The van der Waals surface area contributed by atoms with Gasteiger partial charge in [0.2, 0.25) is 0 Å². The van der Waals surface area contributed by atoms with Gasteiger partial charge in [0, 0.05) is 29.2 Å². The number of nitrogens with zero attached hydrogens (tertiary/aromatic N) is 2. The van der Waals surface area contributed by atoms with Gasteiger partial charge in [0.25, 0.3) is 5.91 Å². The summed E-state index contributed by atoms with van der Waals surface area (Å²) in [5.74, 6) is -0.119. The number of carbonyl (C=O) groups is 1. The van der Waals surface area contributed by atoms with Crippen LogP contribution in [0, 0.1) is 0 Å². The molecule has 1 aromatic carbocycles. The fraction of sp³-hybridized carbons (Fsp3) is 0.0556. The highest BCUT2D eigenvalue weighted by Gasteiger charge is 2.10. The highest BCUT2D eigenvalue weighted by molar-refractivity contribution is 7.08. The molecule has 0 aliphatic rings. The van der Waals surface area contributed by atoms with E-state index in [2.05, 4.69) is 25.6 Å². The third-order valence-corrected chi connectivity index (χ3v) is 4.49. The number of fused-ring (bicyclic) bond motifs is 1. The molecule has 24 heavy (non-hydrogen) atoms. The van der Waals surface area contributed by atoms with Crippen LogP contribution in [0.3, 0.4) is 0 Å². The molecule has 118 valence electrons. The Hall–Kier alpha value is -2.99. The Morgan fingerprint density at radius 1 is 1.21 bits per heavy atom. The van der Waals surface area contributed by atoms with Crippen molar-refractivity contribution in [3.63, 3.8) is 0 Å². The highest BCUT2D eigenvalue weighted by atomic mass is 32.1. The fourth-order valence-corrected chi connectivity index (χ4v) is 3.24. The standard InChI is InChI=1S/C18H14N4OS/c23-18(12-3-4-15-16(8-12)22-11-21-15)20-9-13-2-1-6-19-17(13)14-5-7-24-10-14/h1-8,10-11H,9H2,(H,20,23)(H,21,22). The fourth-order valence-electron chi connectivity index (χ4n) is 2.59. The molecule has 0 saturated carbocycles. The van der Waals surface area contributed by atoms with Gasteiger partial charge in [-0.2, -0.15) is 11.3 Å². The van der Waals surface area contributed by atoms with E-state index in [9.17, 15) is 4.79 Å². The molecule has 0 bridgehead atoms. The second kappa shape index (κ2) is 6.25. The van der Waals surface area contributed by atoms with Crippen molar-refractivity contribution in [3.05, 3.63) is 70.8 Å². The number of H-pyrrole nitrogens is 1. The van der Waals surface area contributed by atoms with Crippen LogP contribution < -0.4 is 5.32 Å². The topological polar surface area (TPSA) is 70.7 Å². The third kappa shape index (κ3) is 2.79. The summed E-state index contributed by atoms with van der Waals surface area (Å²) in [6, 6.07) is 11.3. The van der Waals surface area contributed by atoms with E-state index in [-0.39, 0.29) is 5.91 Å². The molecule has 6 heteroatoms. The molecule has 1 amide bonds. The molecule has 0 saturated heterocycles. The number of hydrogen-bond donors (Lipinski definition) is 2. The Kier molecular flexibility index (Phi) is 3.80. The number of amides is 1. The molecule has 0 aliphatic heterocycles. The highest BCUT2D eigenvalue weighted by Crippen LogP contribution is 2.23. The van der Waals surface area contributed by atoms with Gasteiger partial charge in [0.1, 0.15) is 0 Å². The van der Waals surface area contributed by atoms with Gasteiger partial charge in [-0.05, 0) is 41.3 Å². The lowest BCUT2D eigenvalue weighted by atomic mass is 10.1. The maximum Gasteiger partial charge on any atom is 0.251 e. The third-order valence-electron chi connectivity index (χ3n) is 3.81. The van der Waals surface area contributed by atoms with Gasteiger partial charge in [-0.1, -0.05) is 6.07 Å². The molecule has 5 nitrogen and oxygen atoms in total. The van der Waals surface area contributed by atoms with Crippen molar-refractivity contribution in [2.24, 2.45) is 0 Å². The van der Waals surface area contributed by atoms with Gasteiger partial charge >= 0.3 is 0 Å². The molecule has 0 aliphatic carbocycles. The maximum absolute atomic E-state index is 12.4. The maximum atomic E-state index is 12.4. The van der Waals surface area contributed by atoms with Gasteiger partial charge in [0.05, 0.1) is 23.1 Å². The minimum absolute atomic E-state index is 0.119. The molecule has 2 N–H and O–H groups in total. The Bertz CT molecular complexity index is 991. The largest absolute Gasteiger partial charge is 0.348 e. The van der Waals surface area contributed by atoms with Crippen molar-refractivity contribution >= 4 is 28.3 Å². The van der Waals surface area contributed by atoms with Gasteiger partial charge < -0.3 is 10.3 Å². The van der Waals surface area contributed by atoms with Crippen molar-refractivity contribution in [3.8, 4) is 11.3 Å². The molecule has 0 atom stereocenters. The molecule has 0 fully saturated rings. The lowest BCUT2D eigenvalue weighted by Gasteiger charge is -2.09. The first-order valence-electron chi connectivity index (χ1n) is 7.49. The van der Waals surface area contributed by atoms with Gasteiger partial charge in [0.15, 0.2) is 0 Å². The SMILES string of the molecule is O=C(NCc1cccnc1-c1ccsc1)c1ccc2nc[nH]c2c1. The summed E-state index contributed by atoms with van der Waals surface area (Å²) in [7, 11) is 0. The summed E-state index contributed by atoms with van der Waals surface area (Å²) in [5.41, 5.74) is 5.27. The van der Waals surface area contributed by atoms with Crippen LogP contribution in [0.2, 0.25) is 0 Å². The predicted molar refractivity (Wildman–Crippen MR) is 94.8 cm³/mol. The van der Waals surface area contributed by atoms with E-state index in [1.165, 1.54) is 0 Å². The average Bonchev–Trinajstić information content (AvgIpc) is 3.30. The van der Waals surface area contributed by atoms with Crippen LogP contribution >= 0.6 is 11.3 Å². The first kappa shape index (κ1) is 14.6. The number of hydrogen-bond acceptors (Lipinski definition) is 4. The van der Waals surface area contributed by atoms with E-state index in [1.54, 1.807) is 36.0 Å². The first-order valence-corrected chi connectivity index (χ1v) is 8.43. The van der Waals surface area contributed by atoms with Crippen LogP contribution in [-0.2, 0) is 6.54 Å². The Morgan fingerprint density at radius 2 is 2.17 bits per heavy atom. The van der Waals surface area contributed by atoms with E-state index >= 15 is 0 Å². The van der Waals surface area contributed by atoms with E-state index in [1.807, 2.05) is 29.6 Å². The van der Waals surface area contributed by atoms with Crippen molar-refractivity contribution < 1.29 is 4.79 Å². The Morgan fingerprint density at radius 3 is 3.04 bits per heavy atom. The number of pyridine rings is 1. The zero-order valence-corrected chi connectivity index (χ0v) is 13.5. The summed E-state index contributed by atoms with van der Waals surface area (Å²) in [4.78, 5) is 24.0. The second-order valence-corrected chi connectivity index (χ2v) is 6.12. The van der Waals surface area contributed by atoms with E-state index < -0.39 is 0 Å². The predicted octanol–water partition coefficient (Wildman–Crippen LogP) is 3.62. The molecule has 3 heterocycles. The monoisotopic (exact) mass is 334 g/mol. The number of aromatic nitrogens is 3. The molecule has 4 aromatic rings. The molecule has 0 spiro atoms. The number of imidazole rings is 1. The van der Waals surface area contributed by atoms with E-state index in [0.29, 0.717) is 12.1 Å². The summed E-state index contributed by atoms with van der Waals surface area (Å²) in [6.45, 7) is 0.429. The summed E-state index contributed by atoms with van der Waals surface area (Å²) in [5, 5.41) is 7.04. The molecule has 3 aromatic heterocycles. The normalized spacial score (nSPS) is 10.8. The molecule has 0 radical (unpaired) electrons. The Balaban J connectivity index is 1.53. The second-order valence-electron chi connectivity index (χ2n) is 5.34. The van der Waals surface area contributed by atoms with Crippen molar-refractivity contribution in [1.82, 2.24) is 20.3 Å². The van der Waals surface area contributed by atoms with Crippen LogP contribution in [0.1, 0.15) is 15.9 Å². The molecular formula is C18H14N4OS. The molecule has 0 unspecified atom stereocenters. The van der Waals surface area contributed by atoms with E-state index in [4.69, 9.17) is 0 Å². The minimum atomic E-state index is -0.119. The number of nitrogens with one attached hydrogen (secondary N) is 2. The molecular weight excluding hydrogens is 320 g/mol. The van der Waals surface area contributed by atoms with Gasteiger partial charge in [-0.25, -0.2) is 4.98 Å². The van der Waals surface area contributed by atoms with E-state index in [0.717, 1.165) is 27.9 Å². The number of rotatable bonds is 4. The minimum Gasteiger partial charge on any atom is -0.348 e. The lowest BCUT2D eigenvalue weighted by molar-refractivity contribution is 0.0951. The zero-order valence-electron chi connectivity index (χ0n) is 12.7. The number of carbonyl (C=O) groups excluding carboxylic acids is 1.